The van der Waals surface area contributed by atoms with Crippen LogP contribution in [0.5, 0.6) is 0 Å². The summed E-state index contributed by atoms with van der Waals surface area (Å²) in [6.45, 7) is 7.45. The summed E-state index contributed by atoms with van der Waals surface area (Å²) >= 11 is 1.78. The van der Waals surface area contributed by atoms with E-state index in [0.717, 1.165) is 6.54 Å². The number of aromatic nitrogens is 1. The van der Waals surface area contributed by atoms with Gasteiger partial charge in [0.25, 0.3) is 0 Å². The largest absolute Gasteiger partial charge is 0.308 e. The molecule has 13 heavy (non-hydrogen) atoms. The van der Waals surface area contributed by atoms with E-state index in [1.807, 2.05) is 6.20 Å². The lowest BCUT2D eigenvalue weighted by molar-refractivity contribution is 0.483. The summed E-state index contributed by atoms with van der Waals surface area (Å²) < 4.78 is 0. The van der Waals surface area contributed by atoms with Crippen molar-refractivity contribution in [2.24, 2.45) is 0 Å². The normalized spacial score (nSPS) is 11.1. The van der Waals surface area contributed by atoms with Crippen molar-refractivity contribution in [3.63, 3.8) is 0 Å². The molecule has 0 saturated carbocycles. The molecule has 3 heteroatoms. The Hall–Kier alpha value is -0.410. The lowest BCUT2D eigenvalue weighted by atomic mass is 10.2. The van der Waals surface area contributed by atoms with Crippen LogP contribution in [0.15, 0.2) is 6.20 Å². The summed E-state index contributed by atoms with van der Waals surface area (Å²) in [5.74, 6) is 0. The van der Waals surface area contributed by atoms with Gasteiger partial charge >= 0.3 is 0 Å². The highest BCUT2D eigenvalue weighted by molar-refractivity contribution is 7.11. The number of nitrogens with zero attached hydrogens (tertiary/aromatic N) is 1. The number of hydrogen-bond donors (Lipinski definition) is 1. The summed E-state index contributed by atoms with van der Waals surface area (Å²) in [6, 6.07) is 0.643. The van der Waals surface area contributed by atoms with Gasteiger partial charge in [0.15, 0.2) is 0 Å². The van der Waals surface area contributed by atoms with Crippen LogP contribution in [0.1, 0.15) is 36.6 Å². The molecular formula is C10H18N2S. The Kier molecular flexibility index (Phi) is 4.39. The van der Waals surface area contributed by atoms with Crippen LogP contribution in [-0.2, 0) is 6.54 Å². The second-order valence-electron chi connectivity index (χ2n) is 3.26. The highest BCUT2D eigenvalue weighted by Crippen LogP contribution is 2.11. The first-order valence-electron chi connectivity index (χ1n) is 4.91. The topological polar surface area (TPSA) is 24.9 Å². The molecule has 0 aliphatic heterocycles. The van der Waals surface area contributed by atoms with Gasteiger partial charge in [-0.1, -0.05) is 13.8 Å². The van der Waals surface area contributed by atoms with E-state index in [9.17, 15) is 0 Å². The standard InChI is InChI=1S/C10H18N2S/c1-4-9(5-2)11-7-10-12-6-8(3)13-10/h6,9,11H,4-5,7H2,1-3H3. The molecule has 1 aromatic rings. The smallest absolute Gasteiger partial charge is 0.107 e. The highest BCUT2D eigenvalue weighted by atomic mass is 32.1. The molecule has 0 aliphatic carbocycles. The summed E-state index contributed by atoms with van der Waals surface area (Å²) in [6.07, 6.45) is 4.33. The molecule has 2 nitrogen and oxygen atoms in total. The van der Waals surface area contributed by atoms with Gasteiger partial charge in [-0.25, -0.2) is 4.98 Å². The second kappa shape index (κ2) is 5.35. The van der Waals surface area contributed by atoms with Crippen LogP contribution in [0.3, 0.4) is 0 Å². The van der Waals surface area contributed by atoms with Crippen LogP contribution in [0.4, 0.5) is 0 Å². The van der Waals surface area contributed by atoms with Crippen LogP contribution >= 0.6 is 11.3 Å². The maximum atomic E-state index is 4.31. The predicted molar refractivity (Wildman–Crippen MR) is 58.1 cm³/mol. The second-order valence-corrected chi connectivity index (χ2v) is 4.58. The number of thiazole rings is 1. The van der Waals surface area contributed by atoms with E-state index < -0.39 is 0 Å². The third kappa shape index (κ3) is 3.44. The third-order valence-corrected chi connectivity index (χ3v) is 3.11. The summed E-state index contributed by atoms with van der Waals surface area (Å²) in [7, 11) is 0. The molecule has 1 N–H and O–H groups in total. The summed E-state index contributed by atoms with van der Waals surface area (Å²) in [4.78, 5) is 5.61. The van der Waals surface area contributed by atoms with Gasteiger partial charge in [0.1, 0.15) is 5.01 Å². The van der Waals surface area contributed by atoms with Gasteiger partial charge in [-0.15, -0.1) is 11.3 Å². The molecule has 1 rings (SSSR count). The van der Waals surface area contributed by atoms with Crippen molar-refractivity contribution in [3.05, 3.63) is 16.1 Å². The quantitative estimate of drug-likeness (QED) is 0.787. The predicted octanol–water partition coefficient (Wildman–Crippen LogP) is 2.73. The fourth-order valence-corrected chi connectivity index (χ4v) is 2.03. The Labute approximate surface area is 84.4 Å². The van der Waals surface area contributed by atoms with Crippen molar-refractivity contribution in [3.8, 4) is 0 Å². The van der Waals surface area contributed by atoms with Gasteiger partial charge in [0, 0.05) is 23.7 Å². The average Bonchev–Trinajstić information content (AvgIpc) is 2.53. The SMILES string of the molecule is CCC(CC)NCc1ncc(C)s1. The van der Waals surface area contributed by atoms with Gasteiger partial charge < -0.3 is 5.32 Å². The molecule has 0 spiro atoms. The zero-order valence-corrected chi connectivity index (χ0v) is 9.45. The molecule has 0 aromatic carbocycles. The first kappa shape index (κ1) is 10.7. The molecule has 0 atom stereocenters. The minimum atomic E-state index is 0.643. The van der Waals surface area contributed by atoms with E-state index in [4.69, 9.17) is 0 Å². The first-order valence-corrected chi connectivity index (χ1v) is 5.72. The van der Waals surface area contributed by atoms with Crippen LogP contribution < -0.4 is 5.32 Å². The van der Waals surface area contributed by atoms with Gasteiger partial charge in [0.05, 0.1) is 0 Å². The van der Waals surface area contributed by atoms with Gasteiger partial charge in [-0.05, 0) is 19.8 Å². The van der Waals surface area contributed by atoms with Crippen LogP contribution in [-0.4, -0.2) is 11.0 Å². The van der Waals surface area contributed by atoms with Crippen LogP contribution in [0, 0.1) is 6.92 Å². The molecule has 1 heterocycles. The van der Waals surface area contributed by atoms with Crippen LogP contribution in [0.25, 0.3) is 0 Å². The average molecular weight is 198 g/mol. The van der Waals surface area contributed by atoms with Crippen molar-refractivity contribution in [1.29, 1.82) is 0 Å². The number of aryl methyl sites for hydroxylation is 1. The Balaban J connectivity index is 2.33. The molecular weight excluding hydrogens is 180 g/mol. The van der Waals surface area contributed by atoms with Crippen molar-refractivity contribution in [2.45, 2.75) is 46.2 Å². The van der Waals surface area contributed by atoms with Crippen molar-refractivity contribution < 1.29 is 0 Å². The Bertz CT molecular complexity index is 241. The van der Waals surface area contributed by atoms with E-state index in [0.29, 0.717) is 6.04 Å². The maximum absolute atomic E-state index is 4.31. The molecule has 74 valence electrons. The van der Waals surface area contributed by atoms with Gasteiger partial charge in [-0.3, -0.25) is 0 Å². The van der Waals surface area contributed by atoms with E-state index in [-0.39, 0.29) is 0 Å². The van der Waals surface area contributed by atoms with Gasteiger partial charge in [0.2, 0.25) is 0 Å². The summed E-state index contributed by atoms with van der Waals surface area (Å²) in [5, 5.41) is 4.70. The highest BCUT2D eigenvalue weighted by Gasteiger charge is 2.03. The fraction of sp³-hybridized carbons (Fsp3) is 0.700. The molecule has 0 amide bonds. The van der Waals surface area contributed by atoms with Crippen LogP contribution in [0.2, 0.25) is 0 Å². The number of rotatable bonds is 5. The van der Waals surface area contributed by atoms with E-state index in [2.05, 4.69) is 31.1 Å². The molecule has 0 bridgehead atoms. The molecule has 0 radical (unpaired) electrons. The van der Waals surface area contributed by atoms with Gasteiger partial charge in [-0.2, -0.15) is 0 Å². The van der Waals surface area contributed by atoms with Crippen molar-refractivity contribution in [1.82, 2.24) is 10.3 Å². The minimum Gasteiger partial charge on any atom is -0.308 e. The Morgan fingerprint density at radius 2 is 2.15 bits per heavy atom. The molecule has 0 fully saturated rings. The van der Waals surface area contributed by atoms with E-state index in [1.54, 1.807) is 11.3 Å². The number of nitrogens with one attached hydrogen (secondary N) is 1. The monoisotopic (exact) mass is 198 g/mol. The van der Waals surface area contributed by atoms with Crippen molar-refractivity contribution >= 4 is 11.3 Å². The van der Waals surface area contributed by atoms with E-state index in [1.165, 1.54) is 22.7 Å². The minimum absolute atomic E-state index is 0.643. The summed E-state index contributed by atoms with van der Waals surface area (Å²) in [5.41, 5.74) is 0. The first-order chi connectivity index (χ1) is 6.26. The Morgan fingerprint density at radius 1 is 1.46 bits per heavy atom. The molecule has 1 aromatic heterocycles. The Morgan fingerprint density at radius 3 is 2.62 bits per heavy atom. The zero-order chi connectivity index (χ0) is 9.68. The molecule has 0 saturated heterocycles. The third-order valence-electron chi connectivity index (χ3n) is 2.20. The zero-order valence-electron chi connectivity index (χ0n) is 8.63. The maximum Gasteiger partial charge on any atom is 0.107 e. The van der Waals surface area contributed by atoms with Crippen molar-refractivity contribution in [2.75, 3.05) is 0 Å². The lowest BCUT2D eigenvalue weighted by Crippen LogP contribution is -2.26. The molecule has 0 unspecified atom stereocenters. The fourth-order valence-electron chi connectivity index (χ4n) is 1.29. The van der Waals surface area contributed by atoms with E-state index >= 15 is 0 Å². The number of hydrogen-bond acceptors (Lipinski definition) is 3. The lowest BCUT2D eigenvalue weighted by Gasteiger charge is -2.12. The molecule has 0 aliphatic rings.